The summed E-state index contributed by atoms with van der Waals surface area (Å²) >= 11 is 0. The summed E-state index contributed by atoms with van der Waals surface area (Å²) in [4.78, 5) is 22.9. The second-order valence-electron chi connectivity index (χ2n) is 8.17. The van der Waals surface area contributed by atoms with E-state index in [4.69, 9.17) is 15.2 Å². The lowest BCUT2D eigenvalue weighted by Crippen LogP contribution is -2.53. The van der Waals surface area contributed by atoms with Gasteiger partial charge in [0.15, 0.2) is 5.96 Å². The van der Waals surface area contributed by atoms with Crippen molar-refractivity contribution in [2.45, 2.75) is 33.3 Å². The maximum atomic E-state index is 12.1. The van der Waals surface area contributed by atoms with E-state index in [-0.39, 0.29) is 6.09 Å². The summed E-state index contributed by atoms with van der Waals surface area (Å²) in [6.07, 6.45) is -0.258. The highest BCUT2D eigenvalue weighted by molar-refractivity contribution is 5.78. The molecule has 0 saturated carbocycles. The smallest absolute Gasteiger partial charge is 0.410 e. The van der Waals surface area contributed by atoms with E-state index in [1.807, 2.05) is 25.7 Å². The van der Waals surface area contributed by atoms with Gasteiger partial charge in [0, 0.05) is 52.4 Å². The van der Waals surface area contributed by atoms with Crippen molar-refractivity contribution in [2.24, 2.45) is 16.6 Å². The number of amides is 1. The van der Waals surface area contributed by atoms with E-state index in [1.54, 1.807) is 4.90 Å². The summed E-state index contributed by atoms with van der Waals surface area (Å²) < 4.78 is 10.8. The summed E-state index contributed by atoms with van der Waals surface area (Å²) in [6.45, 7) is 15.8. The Hall–Kier alpha value is -1.54. The zero-order valence-electron chi connectivity index (χ0n) is 16.7. The first-order valence-electron chi connectivity index (χ1n) is 9.57. The number of carbonyl (C=O) groups is 1. The van der Waals surface area contributed by atoms with E-state index >= 15 is 0 Å². The molecule has 8 heteroatoms. The zero-order valence-corrected chi connectivity index (χ0v) is 16.7. The Kier molecular flexibility index (Phi) is 7.52. The summed E-state index contributed by atoms with van der Waals surface area (Å²) in [6, 6.07) is 0. The van der Waals surface area contributed by atoms with Crippen LogP contribution in [0.1, 0.15) is 27.7 Å². The lowest BCUT2D eigenvalue weighted by atomic mass is 10.1. The highest BCUT2D eigenvalue weighted by Gasteiger charge is 2.26. The molecule has 1 amide bonds. The Morgan fingerprint density at radius 3 is 2.27 bits per heavy atom. The third kappa shape index (κ3) is 6.99. The summed E-state index contributed by atoms with van der Waals surface area (Å²) in [5, 5.41) is 0. The van der Waals surface area contributed by atoms with Crippen LogP contribution in [-0.2, 0) is 9.47 Å². The fourth-order valence-corrected chi connectivity index (χ4v) is 3.08. The molecule has 2 saturated heterocycles. The van der Waals surface area contributed by atoms with Crippen LogP contribution >= 0.6 is 0 Å². The summed E-state index contributed by atoms with van der Waals surface area (Å²) in [5.41, 5.74) is 5.69. The Labute approximate surface area is 157 Å². The number of piperazine rings is 1. The van der Waals surface area contributed by atoms with Gasteiger partial charge in [-0.2, -0.15) is 0 Å². The molecule has 2 aliphatic rings. The molecular formula is C18H35N5O3. The van der Waals surface area contributed by atoms with Crippen molar-refractivity contribution in [3.05, 3.63) is 0 Å². The van der Waals surface area contributed by atoms with Crippen LogP contribution < -0.4 is 5.73 Å². The minimum absolute atomic E-state index is 0.258. The predicted molar refractivity (Wildman–Crippen MR) is 102 cm³/mol. The standard InChI is InChI=1S/C18H35N5O3/c1-15(14-21-9-11-25-12-10-21)13-20-16(19)22-5-7-23(8-6-22)17(24)26-18(2,3)4/h15H,5-14H2,1-4H3,(H2,19,20). The van der Waals surface area contributed by atoms with Crippen molar-refractivity contribution >= 4 is 12.1 Å². The van der Waals surface area contributed by atoms with Gasteiger partial charge in [0.05, 0.1) is 13.2 Å². The highest BCUT2D eigenvalue weighted by Crippen LogP contribution is 2.12. The molecule has 2 rings (SSSR count). The number of aliphatic imine (C=N–C) groups is 1. The van der Waals surface area contributed by atoms with Gasteiger partial charge in [-0.25, -0.2) is 4.79 Å². The minimum atomic E-state index is -0.467. The van der Waals surface area contributed by atoms with Gasteiger partial charge < -0.3 is 25.0 Å². The van der Waals surface area contributed by atoms with Gasteiger partial charge in [-0.15, -0.1) is 0 Å². The molecule has 0 aromatic rings. The van der Waals surface area contributed by atoms with Crippen LogP contribution in [-0.4, -0.2) is 97.9 Å². The highest BCUT2D eigenvalue weighted by atomic mass is 16.6. The molecule has 0 aromatic carbocycles. The molecule has 26 heavy (non-hydrogen) atoms. The molecule has 2 fully saturated rings. The second-order valence-corrected chi connectivity index (χ2v) is 8.17. The number of carbonyl (C=O) groups excluding carboxylic acids is 1. The third-order valence-electron chi connectivity index (χ3n) is 4.49. The normalized spacial score (nSPS) is 21.6. The Balaban J connectivity index is 1.72. The first-order chi connectivity index (χ1) is 12.2. The van der Waals surface area contributed by atoms with Gasteiger partial charge in [-0.3, -0.25) is 9.89 Å². The van der Waals surface area contributed by atoms with Gasteiger partial charge in [0.2, 0.25) is 0 Å². The average Bonchev–Trinajstić information content (AvgIpc) is 2.59. The molecule has 1 atom stereocenters. The topological polar surface area (TPSA) is 83.6 Å². The van der Waals surface area contributed by atoms with Gasteiger partial charge >= 0.3 is 6.09 Å². The first kappa shape index (κ1) is 20.8. The van der Waals surface area contributed by atoms with Crippen LogP contribution in [0.15, 0.2) is 4.99 Å². The van der Waals surface area contributed by atoms with Gasteiger partial charge in [0.25, 0.3) is 0 Å². The number of hydrogen-bond acceptors (Lipinski definition) is 5. The first-order valence-corrected chi connectivity index (χ1v) is 9.57. The lowest BCUT2D eigenvalue weighted by Gasteiger charge is -2.36. The fourth-order valence-electron chi connectivity index (χ4n) is 3.08. The maximum Gasteiger partial charge on any atom is 0.410 e. The van der Waals surface area contributed by atoms with Crippen molar-refractivity contribution in [1.82, 2.24) is 14.7 Å². The fraction of sp³-hybridized carbons (Fsp3) is 0.889. The number of morpholine rings is 1. The van der Waals surface area contributed by atoms with Crippen molar-refractivity contribution < 1.29 is 14.3 Å². The van der Waals surface area contributed by atoms with Crippen LogP contribution in [0.2, 0.25) is 0 Å². The van der Waals surface area contributed by atoms with E-state index in [9.17, 15) is 4.79 Å². The molecule has 150 valence electrons. The molecule has 0 aliphatic carbocycles. The van der Waals surface area contributed by atoms with E-state index in [1.165, 1.54) is 0 Å². The van der Waals surface area contributed by atoms with E-state index in [0.29, 0.717) is 38.1 Å². The van der Waals surface area contributed by atoms with E-state index in [2.05, 4.69) is 16.8 Å². The second kappa shape index (κ2) is 9.41. The molecule has 2 aliphatic heterocycles. The quantitative estimate of drug-likeness (QED) is 0.584. The SMILES string of the molecule is CC(CN=C(N)N1CCN(C(=O)OC(C)(C)C)CC1)CN1CCOCC1. The lowest BCUT2D eigenvalue weighted by molar-refractivity contribution is 0.0186. The van der Waals surface area contributed by atoms with Gasteiger partial charge in [-0.1, -0.05) is 6.92 Å². The summed E-state index contributed by atoms with van der Waals surface area (Å²) in [5.74, 6) is 1.03. The average molecular weight is 370 g/mol. The molecule has 2 N–H and O–H groups in total. The van der Waals surface area contributed by atoms with Gasteiger partial charge in [-0.05, 0) is 26.7 Å². The number of rotatable bonds is 4. The number of ether oxygens (including phenoxy) is 2. The molecule has 1 unspecified atom stereocenters. The molecule has 0 bridgehead atoms. The van der Waals surface area contributed by atoms with Crippen molar-refractivity contribution in [2.75, 3.05) is 65.6 Å². The van der Waals surface area contributed by atoms with Crippen LogP contribution in [0.25, 0.3) is 0 Å². The zero-order chi connectivity index (χ0) is 19.2. The largest absolute Gasteiger partial charge is 0.444 e. The minimum Gasteiger partial charge on any atom is -0.444 e. The number of guanidine groups is 1. The molecule has 0 spiro atoms. The molecule has 8 nitrogen and oxygen atoms in total. The Morgan fingerprint density at radius 1 is 1.12 bits per heavy atom. The van der Waals surface area contributed by atoms with Crippen LogP contribution in [0.5, 0.6) is 0 Å². The predicted octanol–water partition coefficient (Wildman–Crippen LogP) is 0.822. The monoisotopic (exact) mass is 369 g/mol. The molecule has 0 aromatic heterocycles. The van der Waals surface area contributed by atoms with Crippen LogP contribution in [0.4, 0.5) is 4.79 Å². The van der Waals surface area contributed by atoms with Crippen molar-refractivity contribution in [3.8, 4) is 0 Å². The van der Waals surface area contributed by atoms with Gasteiger partial charge in [0.1, 0.15) is 5.60 Å². The third-order valence-corrected chi connectivity index (χ3v) is 4.49. The maximum absolute atomic E-state index is 12.1. The molecular weight excluding hydrogens is 334 g/mol. The summed E-state index contributed by atoms with van der Waals surface area (Å²) in [7, 11) is 0. The van der Waals surface area contributed by atoms with E-state index < -0.39 is 5.60 Å². The van der Waals surface area contributed by atoms with Crippen molar-refractivity contribution in [1.29, 1.82) is 0 Å². The number of nitrogens with zero attached hydrogens (tertiary/aromatic N) is 4. The van der Waals surface area contributed by atoms with E-state index in [0.717, 1.165) is 39.4 Å². The number of nitrogens with two attached hydrogens (primary N) is 1. The Bertz CT molecular complexity index is 478. The van der Waals surface area contributed by atoms with Crippen LogP contribution in [0, 0.1) is 5.92 Å². The molecule has 2 heterocycles. The van der Waals surface area contributed by atoms with Crippen LogP contribution in [0.3, 0.4) is 0 Å². The molecule has 0 radical (unpaired) electrons. The van der Waals surface area contributed by atoms with Crippen molar-refractivity contribution in [3.63, 3.8) is 0 Å². The Morgan fingerprint density at radius 2 is 1.69 bits per heavy atom. The number of hydrogen-bond donors (Lipinski definition) is 1.